The van der Waals surface area contributed by atoms with Gasteiger partial charge in [-0.05, 0) is 47.7 Å². The third-order valence-corrected chi connectivity index (χ3v) is 6.06. The monoisotopic (exact) mass is 455 g/mol. The number of benzene rings is 1. The lowest BCUT2D eigenvalue weighted by Gasteiger charge is -2.19. The van der Waals surface area contributed by atoms with E-state index in [1.54, 1.807) is 33.5 Å². The Morgan fingerprint density at radius 2 is 1.82 bits per heavy atom. The molecule has 8 nitrogen and oxygen atoms in total. The van der Waals surface area contributed by atoms with Gasteiger partial charge < -0.3 is 29.0 Å². The third-order valence-electron chi connectivity index (χ3n) is 6.06. The minimum absolute atomic E-state index is 0.155. The van der Waals surface area contributed by atoms with Crippen molar-refractivity contribution in [1.82, 2.24) is 5.32 Å². The molecule has 2 atom stereocenters. The second-order valence-electron chi connectivity index (χ2n) is 8.15. The van der Waals surface area contributed by atoms with Gasteiger partial charge in [0.15, 0.2) is 17.2 Å². The summed E-state index contributed by atoms with van der Waals surface area (Å²) in [6.45, 7) is 2.55. The highest BCUT2D eigenvalue weighted by molar-refractivity contribution is 5.83. The highest BCUT2D eigenvalue weighted by Gasteiger charge is 2.29. The van der Waals surface area contributed by atoms with Crippen LogP contribution < -0.4 is 29.7 Å². The van der Waals surface area contributed by atoms with Crippen molar-refractivity contribution in [2.45, 2.75) is 38.3 Å². The molecule has 176 valence electrons. The maximum atomic E-state index is 13.2. The first-order chi connectivity index (χ1) is 16.0. The summed E-state index contributed by atoms with van der Waals surface area (Å²) < 4.78 is 28.3. The van der Waals surface area contributed by atoms with Crippen LogP contribution in [0.25, 0.3) is 11.1 Å². The fourth-order valence-corrected chi connectivity index (χ4v) is 4.58. The number of nitrogens with one attached hydrogen (secondary N) is 1. The van der Waals surface area contributed by atoms with Crippen molar-refractivity contribution in [3.05, 3.63) is 45.6 Å². The molecule has 8 heteroatoms. The van der Waals surface area contributed by atoms with Crippen LogP contribution >= 0.6 is 0 Å². The molecule has 4 rings (SSSR count). The lowest BCUT2D eigenvalue weighted by molar-refractivity contribution is -0.119. The zero-order chi connectivity index (χ0) is 23.5. The maximum absolute atomic E-state index is 13.2. The number of carbonyl (C=O) groups excluding carboxylic acids is 1. The summed E-state index contributed by atoms with van der Waals surface area (Å²) in [7, 11) is 4.71. The van der Waals surface area contributed by atoms with Gasteiger partial charge in [-0.15, -0.1) is 0 Å². The van der Waals surface area contributed by atoms with E-state index in [2.05, 4.69) is 5.32 Å². The maximum Gasteiger partial charge on any atom is 0.220 e. The first-order valence-corrected chi connectivity index (χ1v) is 11.0. The van der Waals surface area contributed by atoms with Gasteiger partial charge >= 0.3 is 0 Å². The number of amides is 1. The standard InChI is InChI=1S/C25H29NO7/c1-14(27)26-19-7-5-15-11-22(29-2)24(30-3)25(31-4)23(15)17-6-8-21(20(28)12-18(17)19)33-16-9-10-32-13-16/h6,8,11-12,16,19H,5,7,9-10,13H2,1-4H3,(H,26,27)/t16-,19-/m0/s1. The molecular weight excluding hydrogens is 426 g/mol. The van der Waals surface area contributed by atoms with Crippen molar-refractivity contribution < 1.29 is 28.5 Å². The summed E-state index contributed by atoms with van der Waals surface area (Å²) >= 11 is 0. The Kier molecular flexibility index (Phi) is 6.74. The van der Waals surface area contributed by atoms with E-state index < -0.39 is 0 Å². The zero-order valence-corrected chi connectivity index (χ0v) is 19.4. The lowest BCUT2D eigenvalue weighted by atomic mass is 9.95. The molecule has 0 spiro atoms. The minimum atomic E-state index is -0.352. The predicted molar refractivity (Wildman–Crippen MR) is 123 cm³/mol. The molecule has 1 heterocycles. The third kappa shape index (κ3) is 4.48. The molecule has 0 unspecified atom stereocenters. The molecule has 0 aromatic heterocycles. The Morgan fingerprint density at radius 1 is 1.03 bits per heavy atom. The Bertz CT molecular complexity index is 1110. The van der Waals surface area contributed by atoms with Gasteiger partial charge in [0, 0.05) is 18.9 Å². The van der Waals surface area contributed by atoms with Gasteiger partial charge in [-0.25, -0.2) is 0 Å². The van der Waals surface area contributed by atoms with Crippen molar-refractivity contribution in [3.63, 3.8) is 0 Å². The molecule has 2 aromatic rings. The number of hydrogen-bond donors (Lipinski definition) is 1. The second-order valence-corrected chi connectivity index (χ2v) is 8.15. The van der Waals surface area contributed by atoms with Crippen molar-refractivity contribution in [1.29, 1.82) is 0 Å². The Balaban J connectivity index is 1.96. The van der Waals surface area contributed by atoms with Crippen LogP contribution in [0.2, 0.25) is 0 Å². The molecule has 0 saturated carbocycles. The van der Waals surface area contributed by atoms with Gasteiger partial charge in [0.05, 0.1) is 40.6 Å². The number of ether oxygens (including phenoxy) is 5. The summed E-state index contributed by atoms with van der Waals surface area (Å²) in [6.07, 6.45) is 1.83. The van der Waals surface area contributed by atoms with E-state index >= 15 is 0 Å². The van der Waals surface area contributed by atoms with E-state index in [4.69, 9.17) is 23.7 Å². The van der Waals surface area contributed by atoms with Crippen LogP contribution in [-0.2, 0) is 16.0 Å². The molecule has 0 radical (unpaired) electrons. The molecule has 2 aliphatic rings. The normalized spacial score (nSPS) is 19.0. The van der Waals surface area contributed by atoms with E-state index in [0.29, 0.717) is 48.9 Å². The molecular formula is C25H29NO7. The number of rotatable bonds is 6. The lowest BCUT2D eigenvalue weighted by Crippen LogP contribution is -2.26. The van der Waals surface area contributed by atoms with Crippen LogP contribution in [0.3, 0.4) is 0 Å². The average Bonchev–Trinajstić information content (AvgIpc) is 3.21. The SMILES string of the molecule is COc1cc2c(c(OC)c1OC)-c1ccc(O[C@H]3CCOC3)c(=O)cc1[C@@H](NC(C)=O)CC2. The summed E-state index contributed by atoms with van der Waals surface area (Å²) in [5.41, 5.74) is 3.01. The first-order valence-electron chi connectivity index (χ1n) is 11.0. The molecule has 1 N–H and O–H groups in total. The summed E-state index contributed by atoms with van der Waals surface area (Å²) in [5.74, 6) is 1.62. The number of hydrogen-bond acceptors (Lipinski definition) is 7. The van der Waals surface area contributed by atoms with E-state index in [1.807, 2.05) is 12.1 Å². The van der Waals surface area contributed by atoms with Crippen LogP contribution in [0.15, 0.2) is 29.1 Å². The topological polar surface area (TPSA) is 92.3 Å². The van der Waals surface area contributed by atoms with Gasteiger partial charge in [0.1, 0.15) is 6.10 Å². The fourth-order valence-electron chi connectivity index (χ4n) is 4.58. The van der Waals surface area contributed by atoms with Crippen LogP contribution in [-0.4, -0.2) is 46.6 Å². The van der Waals surface area contributed by atoms with Crippen LogP contribution in [0.1, 0.15) is 36.9 Å². The second kappa shape index (κ2) is 9.70. The number of carbonyl (C=O) groups is 1. The molecule has 1 amide bonds. The summed E-state index contributed by atoms with van der Waals surface area (Å²) in [4.78, 5) is 25.2. The number of methoxy groups -OCH3 is 3. The number of fused-ring (bicyclic) bond motifs is 3. The largest absolute Gasteiger partial charge is 0.493 e. The predicted octanol–water partition coefficient (Wildman–Crippen LogP) is 3.03. The molecule has 1 saturated heterocycles. The van der Waals surface area contributed by atoms with Crippen molar-refractivity contribution >= 4 is 5.91 Å². The van der Waals surface area contributed by atoms with E-state index in [1.165, 1.54) is 6.92 Å². The van der Waals surface area contributed by atoms with Gasteiger partial charge in [0.2, 0.25) is 17.1 Å². The summed E-state index contributed by atoms with van der Waals surface area (Å²) in [6, 6.07) is 6.68. The Hall–Kier alpha value is -3.26. The molecule has 2 aromatic carbocycles. The Labute approximate surface area is 192 Å². The van der Waals surface area contributed by atoms with E-state index in [0.717, 1.165) is 23.1 Å². The van der Waals surface area contributed by atoms with Crippen molar-refractivity contribution in [3.8, 4) is 34.1 Å². The molecule has 1 aliphatic carbocycles. The van der Waals surface area contributed by atoms with Crippen LogP contribution in [0.5, 0.6) is 23.0 Å². The minimum Gasteiger partial charge on any atom is -0.493 e. The fraction of sp³-hybridized carbons (Fsp3) is 0.440. The Morgan fingerprint density at radius 3 is 2.45 bits per heavy atom. The molecule has 1 fully saturated rings. The van der Waals surface area contributed by atoms with Gasteiger partial charge in [-0.1, -0.05) is 6.07 Å². The molecule has 0 bridgehead atoms. The highest BCUT2D eigenvalue weighted by Crippen LogP contribution is 2.50. The highest BCUT2D eigenvalue weighted by atomic mass is 16.5. The van der Waals surface area contributed by atoms with Crippen molar-refractivity contribution in [2.24, 2.45) is 0 Å². The smallest absolute Gasteiger partial charge is 0.220 e. The molecule has 33 heavy (non-hydrogen) atoms. The van der Waals surface area contributed by atoms with Crippen LogP contribution in [0.4, 0.5) is 0 Å². The van der Waals surface area contributed by atoms with Gasteiger partial charge in [-0.3, -0.25) is 9.59 Å². The first kappa shape index (κ1) is 22.9. The zero-order valence-electron chi connectivity index (χ0n) is 19.4. The average molecular weight is 456 g/mol. The van der Waals surface area contributed by atoms with Gasteiger partial charge in [0.25, 0.3) is 0 Å². The van der Waals surface area contributed by atoms with Gasteiger partial charge in [-0.2, -0.15) is 0 Å². The van der Waals surface area contributed by atoms with Crippen LogP contribution in [0, 0.1) is 0 Å². The van der Waals surface area contributed by atoms with Crippen molar-refractivity contribution in [2.75, 3.05) is 34.5 Å². The van der Waals surface area contributed by atoms with E-state index in [9.17, 15) is 9.59 Å². The quantitative estimate of drug-likeness (QED) is 0.716. The summed E-state index contributed by atoms with van der Waals surface area (Å²) in [5, 5.41) is 3.00. The number of aryl methyl sites for hydroxylation is 1. The van der Waals surface area contributed by atoms with E-state index in [-0.39, 0.29) is 29.2 Å². The molecule has 1 aliphatic heterocycles.